The van der Waals surface area contributed by atoms with Gasteiger partial charge in [-0.05, 0) is 63.7 Å². The van der Waals surface area contributed by atoms with Crippen molar-refractivity contribution >= 4 is 5.97 Å². The second-order valence-corrected chi connectivity index (χ2v) is 11.1. The number of allylic oxidation sites excluding steroid dienone is 1. The van der Waals surface area contributed by atoms with Crippen LogP contribution in [0.4, 0.5) is 0 Å². The first-order valence-corrected chi connectivity index (χ1v) is 10.9. The summed E-state index contributed by atoms with van der Waals surface area (Å²) in [7, 11) is 0. The lowest BCUT2D eigenvalue weighted by Gasteiger charge is -2.45. The van der Waals surface area contributed by atoms with Crippen molar-refractivity contribution in [1.29, 1.82) is 0 Å². The molecule has 0 aromatic heterocycles. The van der Waals surface area contributed by atoms with Gasteiger partial charge in [-0.3, -0.25) is 4.79 Å². The number of esters is 1. The van der Waals surface area contributed by atoms with Crippen LogP contribution in [0.15, 0.2) is 11.6 Å². The number of ether oxygens (including phenoxy) is 1. The van der Waals surface area contributed by atoms with Gasteiger partial charge in [-0.15, -0.1) is 0 Å². The third-order valence-electron chi connectivity index (χ3n) is 6.20. The molecule has 1 rings (SSSR count). The van der Waals surface area contributed by atoms with Crippen LogP contribution in [-0.2, 0) is 9.53 Å². The second-order valence-electron chi connectivity index (χ2n) is 11.1. The van der Waals surface area contributed by atoms with Gasteiger partial charge in [-0.1, -0.05) is 53.2 Å². The maximum absolute atomic E-state index is 13.6. The van der Waals surface area contributed by atoms with Gasteiger partial charge in [0, 0.05) is 6.42 Å². The van der Waals surface area contributed by atoms with Crippen LogP contribution in [0.1, 0.15) is 94.4 Å². The molecule has 4 heteroatoms. The Balaban J connectivity index is 3.32. The van der Waals surface area contributed by atoms with Crippen LogP contribution >= 0.6 is 0 Å². The van der Waals surface area contributed by atoms with Crippen molar-refractivity contribution in [2.24, 2.45) is 22.7 Å². The van der Waals surface area contributed by atoms with Gasteiger partial charge in [0.15, 0.2) is 0 Å². The van der Waals surface area contributed by atoms with E-state index in [4.69, 9.17) is 4.74 Å². The number of rotatable bonds is 5. The van der Waals surface area contributed by atoms with Gasteiger partial charge in [0.25, 0.3) is 0 Å². The van der Waals surface area contributed by atoms with Crippen LogP contribution in [0.2, 0.25) is 0 Å². The zero-order valence-corrected chi connectivity index (χ0v) is 19.6. The molecule has 0 aromatic carbocycles. The fourth-order valence-electron chi connectivity index (χ4n) is 4.69. The summed E-state index contributed by atoms with van der Waals surface area (Å²) in [6.45, 7) is 18.5. The monoisotopic (exact) mass is 396 g/mol. The van der Waals surface area contributed by atoms with E-state index < -0.39 is 23.2 Å². The van der Waals surface area contributed by atoms with Crippen molar-refractivity contribution in [2.45, 2.75) is 112 Å². The molecule has 0 aliphatic heterocycles. The Hall–Kier alpha value is -0.870. The summed E-state index contributed by atoms with van der Waals surface area (Å²) in [5.41, 5.74) is -0.679. The summed E-state index contributed by atoms with van der Waals surface area (Å²) in [4.78, 5) is 13.6. The van der Waals surface area contributed by atoms with E-state index in [-0.39, 0.29) is 17.3 Å². The minimum Gasteiger partial charge on any atom is -0.458 e. The maximum Gasteiger partial charge on any atom is 0.316 e. The molecule has 0 amide bonds. The molecule has 4 nitrogen and oxygen atoms in total. The Morgan fingerprint density at radius 3 is 2.14 bits per heavy atom. The first-order chi connectivity index (χ1) is 12.6. The van der Waals surface area contributed by atoms with E-state index in [0.717, 1.165) is 5.57 Å². The van der Waals surface area contributed by atoms with Gasteiger partial charge in [0.05, 0.1) is 17.6 Å². The van der Waals surface area contributed by atoms with Crippen LogP contribution in [0.3, 0.4) is 0 Å². The van der Waals surface area contributed by atoms with Crippen molar-refractivity contribution in [1.82, 2.24) is 0 Å². The zero-order valence-electron chi connectivity index (χ0n) is 19.6. The predicted molar refractivity (Wildman–Crippen MR) is 115 cm³/mol. The molecule has 1 aliphatic rings. The first kappa shape index (κ1) is 25.2. The van der Waals surface area contributed by atoms with Crippen molar-refractivity contribution in [3.8, 4) is 0 Å². The average Bonchev–Trinajstić information content (AvgIpc) is 2.41. The van der Waals surface area contributed by atoms with Crippen molar-refractivity contribution in [3.05, 3.63) is 11.6 Å². The topological polar surface area (TPSA) is 66.8 Å². The van der Waals surface area contributed by atoms with E-state index in [2.05, 4.69) is 41.5 Å². The van der Waals surface area contributed by atoms with E-state index in [1.54, 1.807) is 0 Å². The molecule has 0 saturated heterocycles. The largest absolute Gasteiger partial charge is 0.458 e. The van der Waals surface area contributed by atoms with Crippen molar-refractivity contribution in [3.63, 3.8) is 0 Å². The molecular formula is C24H44O4. The summed E-state index contributed by atoms with van der Waals surface area (Å²) in [6.07, 6.45) is 3.58. The molecule has 0 radical (unpaired) electrons. The Bertz CT molecular complexity index is 539. The Morgan fingerprint density at radius 2 is 1.68 bits per heavy atom. The lowest BCUT2D eigenvalue weighted by atomic mass is 9.66. The number of carbonyl (C=O) groups is 1. The van der Waals surface area contributed by atoms with Crippen molar-refractivity contribution < 1.29 is 19.7 Å². The molecule has 1 aliphatic carbocycles. The van der Waals surface area contributed by atoms with E-state index in [1.165, 1.54) is 0 Å². The molecule has 5 atom stereocenters. The Morgan fingerprint density at radius 1 is 1.11 bits per heavy atom. The lowest BCUT2D eigenvalue weighted by Crippen LogP contribution is -2.49. The van der Waals surface area contributed by atoms with Gasteiger partial charge in [-0.2, -0.15) is 0 Å². The molecule has 0 heterocycles. The number of aliphatic hydroxyl groups excluding tert-OH is 2. The molecule has 0 aromatic rings. The highest BCUT2D eigenvalue weighted by Gasteiger charge is 2.48. The molecule has 5 unspecified atom stereocenters. The van der Waals surface area contributed by atoms with Crippen molar-refractivity contribution in [2.75, 3.05) is 0 Å². The zero-order chi connectivity index (χ0) is 21.9. The molecule has 2 N–H and O–H groups in total. The highest BCUT2D eigenvalue weighted by molar-refractivity contribution is 5.80. The Kier molecular flexibility index (Phi) is 8.36. The fourth-order valence-corrected chi connectivity index (χ4v) is 4.69. The van der Waals surface area contributed by atoms with Crippen LogP contribution in [0.25, 0.3) is 0 Å². The molecule has 0 bridgehead atoms. The van der Waals surface area contributed by atoms with Gasteiger partial charge < -0.3 is 14.9 Å². The van der Waals surface area contributed by atoms with E-state index in [9.17, 15) is 15.0 Å². The highest BCUT2D eigenvalue weighted by Crippen LogP contribution is 2.45. The SMILES string of the molecule is CC(C)=CC(C)(C(=O)OC1(CC(C)C)CC(C)CC(O)CC(O)C1)C(C)(C)C. The summed E-state index contributed by atoms with van der Waals surface area (Å²) < 4.78 is 6.37. The summed E-state index contributed by atoms with van der Waals surface area (Å²) in [5, 5.41) is 20.7. The minimum absolute atomic E-state index is 0.220. The summed E-state index contributed by atoms with van der Waals surface area (Å²) in [6, 6.07) is 0. The third-order valence-corrected chi connectivity index (χ3v) is 6.20. The molecule has 0 spiro atoms. The molecule has 1 saturated carbocycles. The quantitative estimate of drug-likeness (QED) is 0.491. The van der Waals surface area contributed by atoms with Gasteiger partial charge in [-0.25, -0.2) is 0 Å². The van der Waals surface area contributed by atoms with Crippen LogP contribution < -0.4 is 0 Å². The summed E-state index contributed by atoms with van der Waals surface area (Å²) >= 11 is 0. The normalized spacial score (nSPS) is 31.5. The minimum atomic E-state index is -0.758. The predicted octanol–water partition coefficient (Wildman–Crippen LogP) is 5.27. The smallest absolute Gasteiger partial charge is 0.316 e. The van der Waals surface area contributed by atoms with E-state index in [0.29, 0.717) is 38.0 Å². The number of hydrogen-bond donors (Lipinski definition) is 2. The Labute approximate surface area is 172 Å². The fraction of sp³-hybridized carbons (Fsp3) is 0.875. The van der Waals surface area contributed by atoms with Crippen LogP contribution in [0, 0.1) is 22.7 Å². The lowest BCUT2D eigenvalue weighted by molar-refractivity contribution is -0.184. The molecule has 28 heavy (non-hydrogen) atoms. The third kappa shape index (κ3) is 6.59. The average molecular weight is 397 g/mol. The maximum atomic E-state index is 13.6. The number of carbonyl (C=O) groups excluding carboxylic acids is 1. The standard InChI is InChI=1S/C24H44O4/c1-16(2)12-23(9,22(6,7)8)21(27)28-24(13-17(3)4)14-18(5)10-19(25)11-20(26)15-24/h12,17-20,25-26H,10-11,13-15H2,1-9H3. The molecular weight excluding hydrogens is 352 g/mol. The highest BCUT2D eigenvalue weighted by atomic mass is 16.6. The second kappa shape index (κ2) is 9.30. The van der Waals surface area contributed by atoms with Crippen LogP contribution in [0.5, 0.6) is 0 Å². The number of aliphatic hydroxyl groups is 2. The van der Waals surface area contributed by atoms with E-state index >= 15 is 0 Å². The van der Waals surface area contributed by atoms with E-state index in [1.807, 2.05) is 26.8 Å². The molecule has 1 fully saturated rings. The first-order valence-electron chi connectivity index (χ1n) is 10.9. The van der Waals surface area contributed by atoms with Gasteiger partial charge >= 0.3 is 5.97 Å². The van der Waals surface area contributed by atoms with Crippen LogP contribution in [-0.4, -0.2) is 34.0 Å². The van der Waals surface area contributed by atoms with Gasteiger partial charge in [0.1, 0.15) is 5.60 Å². The summed E-state index contributed by atoms with van der Waals surface area (Å²) in [5.74, 6) is 0.335. The molecule has 164 valence electrons. The number of hydrogen-bond acceptors (Lipinski definition) is 4. The van der Waals surface area contributed by atoms with Gasteiger partial charge in [0.2, 0.25) is 0 Å².